The Hall–Kier alpha value is -1.36. The monoisotopic (exact) mass is 253 g/mol. The van der Waals surface area contributed by atoms with E-state index in [0.717, 1.165) is 18.7 Å². The van der Waals surface area contributed by atoms with Crippen LogP contribution in [-0.4, -0.2) is 24.0 Å². The molecule has 0 heterocycles. The average molecular weight is 253 g/mol. The van der Waals surface area contributed by atoms with E-state index < -0.39 is 5.91 Å². The number of carbonyl (C=O) groups excluding carboxylic acids is 1. The van der Waals surface area contributed by atoms with Gasteiger partial charge in [0.15, 0.2) is 0 Å². The van der Waals surface area contributed by atoms with Crippen LogP contribution in [0, 0.1) is 0 Å². The van der Waals surface area contributed by atoms with Crippen LogP contribution < -0.4 is 16.8 Å². The van der Waals surface area contributed by atoms with Crippen molar-refractivity contribution >= 4 is 29.0 Å². The summed E-state index contributed by atoms with van der Waals surface area (Å²) in [7, 11) is 0. The van der Waals surface area contributed by atoms with Crippen LogP contribution in [0.4, 0.5) is 11.4 Å². The number of thioether (sulfide) groups is 1. The van der Waals surface area contributed by atoms with Gasteiger partial charge in [0, 0.05) is 11.8 Å². The third kappa shape index (κ3) is 3.85. The molecule has 5 heteroatoms. The molecule has 1 atom stereocenters. The van der Waals surface area contributed by atoms with Crippen molar-refractivity contribution in [3.8, 4) is 0 Å². The molecule has 1 amide bonds. The number of amides is 1. The van der Waals surface area contributed by atoms with Gasteiger partial charge < -0.3 is 16.8 Å². The summed E-state index contributed by atoms with van der Waals surface area (Å²) in [6.07, 6.45) is 3.13. The summed E-state index contributed by atoms with van der Waals surface area (Å²) in [4.78, 5) is 11.1. The van der Waals surface area contributed by atoms with Crippen molar-refractivity contribution in [2.45, 2.75) is 18.6 Å². The quantitative estimate of drug-likeness (QED) is 0.677. The van der Waals surface area contributed by atoms with Crippen LogP contribution >= 0.6 is 11.8 Å². The molecule has 1 aromatic carbocycles. The van der Waals surface area contributed by atoms with Gasteiger partial charge in [0.1, 0.15) is 0 Å². The number of hydrogen-bond acceptors (Lipinski definition) is 4. The lowest BCUT2D eigenvalue weighted by Crippen LogP contribution is -2.15. The third-order valence-electron chi connectivity index (χ3n) is 2.64. The molecule has 1 rings (SSSR count). The van der Waals surface area contributed by atoms with Crippen LogP contribution in [0.5, 0.6) is 0 Å². The lowest BCUT2D eigenvalue weighted by molar-refractivity contribution is 0.100. The molecule has 0 fully saturated rings. The van der Waals surface area contributed by atoms with Gasteiger partial charge in [0.25, 0.3) is 5.91 Å². The molecule has 5 N–H and O–H groups in total. The minimum absolute atomic E-state index is 0.368. The maximum absolute atomic E-state index is 11.1. The van der Waals surface area contributed by atoms with Gasteiger partial charge in [-0.1, -0.05) is 13.0 Å². The van der Waals surface area contributed by atoms with E-state index in [1.165, 1.54) is 0 Å². The molecule has 0 spiro atoms. The zero-order valence-corrected chi connectivity index (χ0v) is 11.0. The van der Waals surface area contributed by atoms with Gasteiger partial charge in [-0.05, 0) is 24.8 Å². The maximum Gasteiger partial charge on any atom is 0.250 e. The summed E-state index contributed by atoms with van der Waals surface area (Å²) in [5, 5.41) is 3.83. The Balaban J connectivity index is 2.66. The van der Waals surface area contributed by atoms with Gasteiger partial charge in [-0.3, -0.25) is 4.79 Å². The lowest BCUT2D eigenvalue weighted by atomic mass is 10.1. The fourth-order valence-electron chi connectivity index (χ4n) is 1.46. The molecule has 0 aliphatic heterocycles. The van der Waals surface area contributed by atoms with E-state index in [0.29, 0.717) is 16.5 Å². The molecule has 0 aliphatic carbocycles. The Morgan fingerprint density at radius 3 is 2.82 bits per heavy atom. The Bertz CT molecular complexity index is 395. The van der Waals surface area contributed by atoms with Crippen LogP contribution in [0.2, 0.25) is 0 Å². The van der Waals surface area contributed by atoms with Crippen LogP contribution in [0.3, 0.4) is 0 Å². The number of hydrogen-bond donors (Lipinski definition) is 3. The highest BCUT2D eigenvalue weighted by Gasteiger charge is 2.09. The van der Waals surface area contributed by atoms with E-state index in [4.69, 9.17) is 11.5 Å². The summed E-state index contributed by atoms with van der Waals surface area (Å²) in [5.41, 5.74) is 12.7. The number of nitrogen functional groups attached to an aromatic ring is 1. The fraction of sp³-hybridized carbons (Fsp3) is 0.417. The van der Waals surface area contributed by atoms with Gasteiger partial charge >= 0.3 is 0 Å². The molecule has 0 aromatic heterocycles. The molecule has 0 bridgehead atoms. The van der Waals surface area contributed by atoms with Crippen LogP contribution in [0.1, 0.15) is 23.7 Å². The normalized spacial score (nSPS) is 12.1. The first kappa shape index (κ1) is 13.7. The van der Waals surface area contributed by atoms with Crippen molar-refractivity contribution in [1.82, 2.24) is 0 Å². The number of primary amides is 1. The number of rotatable bonds is 6. The van der Waals surface area contributed by atoms with Crippen molar-refractivity contribution in [2.24, 2.45) is 5.73 Å². The first-order chi connectivity index (χ1) is 8.06. The second-order valence-corrected chi connectivity index (χ2v) is 5.17. The molecule has 0 radical (unpaired) electrons. The minimum Gasteiger partial charge on any atom is -0.396 e. The molecule has 4 nitrogen and oxygen atoms in total. The highest BCUT2D eigenvalue weighted by atomic mass is 32.2. The highest BCUT2D eigenvalue weighted by Crippen LogP contribution is 2.22. The molecule has 0 aliphatic rings. The highest BCUT2D eigenvalue weighted by molar-refractivity contribution is 7.99. The Morgan fingerprint density at radius 2 is 2.24 bits per heavy atom. The SMILES string of the molecule is CSC(C)CCNc1cccc(C(N)=O)c1N. The van der Waals surface area contributed by atoms with Gasteiger partial charge in [0.2, 0.25) is 0 Å². The topological polar surface area (TPSA) is 81.1 Å². The Kier molecular flexibility index (Phi) is 5.15. The van der Waals surface area contributed by atoms with Gasteiger partial charge in [-0.2, -0.15) is 11.8 Å². The summed E-state index contributed by atoms with van der Waals surface area (Å²) in [6, 6.07) is 5.26. The summed E-state index contributed by atoms with van der Waals surface area (Å²) in [5.74, 6) is -0.497. The van der Waals surface area contributed by atoms with Crippen molar-refractivity contribution in [3.05, 3.63) is 23.8 Å². The van der Waals surface area contributed by atoms with Crippen molar-refractivity contribution < 1.29 is 4.79 Å². The molecule has 94 valence electrons. The largest absolute Gasteiger partial charge is 0.396 e. The second-order valence-electron chi connectivity index (χ2n) is 3.89. The van der Waals surface area contributed by atoms with Gasteiger partial charge in [-0.25, -0.2) is 0 Å². The predicted molar refractivity (Wildman–Crippen MR) is 75.5 cm³/mol. The van der Waals surface area contributed by atoms with Crippen molar-refractivity contribution in [2.75, 3.05) is 23.9 Å². The molecule has 0 saturated heterocycles. The van der Waals surface area contributed by atoms with Gasteiger partial charge in [0.05, 0.1) is 16.9 Å². The Morgan fingerprint density at radius 1 is 1.53 bits per heavy atom. The molecule has 1 unspecified atom stereocenters. The zero-order valence-electron chi connectivity index (χ0n) is 10.2. The second kappa shape index (κ2) is 6.39. The first-order valence-corrected chi connectivity index (χ1v) is 6.80. The van der Waals surface area contributed by atoms with E-state index in [1.807, 2.05) is 17.8 Å². The van der Waals surface area contributed by atoms with E-state index in [9.17, 15) is 4.79 Å². The van der Waals surface area contributed by atoms with Crippen LogP contribution in [0.15, 0.2) is 18.2 Å². The van der Waals surface area contributed by atoms with E-state index >= 15 is 0 Å². The number of anilines is 2. The Labute approximate surface area is 106 Å². The molecule has 0 saturated carbocycles. The van der Waals surface area contributed by atoms with Crippen molar-refractivity contribution in [1.29, 1.82) is 0 Å². The lowest BCUT2D eigenvalue weighted by Gasteiger charge is -2.13. The summed E-state index contributed by atoms with van der Waals surface area (Å²) >= 11 is 1.83. The fourth-order valence-corrected chi connectivity index (χ4v) is 1.82. The summed E-state index contributed by atoms with van der Waals surface area (Å²) < 4.78 is 0. The van der Waals surface area contributed by atoms with Crippen molar-refractivity contribution in [3.63, 3.8) is 0 Å². The zero-order chi connectivity index (χ0) is 12.8. The average Bonchev–Trinajstić information content (AvgIpc) is 2.30. The first-order valence-electron chi connectivity index (χ1n) is 5.51. The third-order valence-corrected chi connectivity index (χ3v) is 3.68. The maximum atomic E-state index is 11.1. The number of nitrogens with two attached hydrogens (primary N) is 2. The molecular weight excluding hydrogens is 234 g/mol. The molecule has 17 heavy (non-hydrogen) atoms. The number of nitrogens with one attached hydrogen (secondary N) is 1. The summed E-state index contributed by atoms with van der Waals surface area (Å²) in [6.45, 7) is 3.00. The molecular formula is C12H19N3OS. The number of para-hydroxylation sites is 1. The van der Waals surface area contributed by atoms with Crippen LogP contribution in [-0.2, 0) is 0 Å². The van der Waals surface area contributed by atoms with Gasteiger partial charge in [-0.15, -0.1) is 0 Å². The molecule has 1 aromatic rings. The van der Waals surface area contributed by atoms with Crippen LogP contribution in [0.25, 0.3) is 0 Å². The van der Waals surface area contributed by atoms with E-state index in [-0.39, 0.29) is 0 Å². The standard InChI is InChI=1S/C12H19N3OS/c1-8(17-2)6-7-15-10-5-3-4-9(11(10)13)12(14)16/h3-5,8,15H,6-7,13H2,1-2H3,(H2,14,16). The predicted octanol–water partition coefficient (Wildman–Crippen LogP) is 1.92. The smallest absolute Gasteiger partial charge is 0.250 e. The van der Waals surface area contributed by atoms with E-state index in [1.54, 1.807) is 12.1 Å². The minimum atomic E-state index is -0.497. The number of benzene rings is 1. The number of carbonyl (C=O) groups is 1. The van der Waals surface area contributed by atoms with E-state index in [2.05, 4.69) is 18.5 Å².